The van der Waals surface area contributed by atoms with Crippen molar-refractivity contribution in [1.82, 2.24) is 10.2 Å². The molecular weight excluding hydrogens is 335 g/mol. The third kappa shape index (κ3) is 2.89. The molecule has 2 aliphatic rings. The van der Waals surface area contributed by atoms with Gasteiger partial charge in [-0.2, -0.15) is 0 Å². The predicted octanol–water partition coefficient (Wildman–Crippen LogP) is 3.04. The van der Waals surface area contributed by atoms with Crippen molar-refractivity contribution in [3.8, 4) is 0 Å². The fourth-order valence-electron chi connectivity index (χ4n) is 3.03. The SMILES string of the molecule is CN1CCC(CNC2CC2)C1c1ccc(I)cc1. The average Bonchev–Trinajstić information content (AvgIpc) is 3.12. The fraction of sp³-hybridized carbons (Fsp3) is 0.600. The monoisotopic (exact) mass is 356 g/mol. The normalized spacial score (nSPS) is 28.8. The summed E-state index contributed by atoms with van der Waals surface area (Å²) in [6, 6.07) is 10.5. The Kier molecular flexibility index (Phi) is 3.91. The average molecular weight is 356 g/mol. The lowest BCUT2D eigenvalue weighted by molar-refractivity contribution is 0.272. The van der Waals surface area contributed by atoms with E-state index < -0.39 is 0 Å². The number of nitrogens with one attached hydrogen (secondary N) is 1. The molecule has 0 bridgehead atoms. The van der Waals surface area contributed by atoms with Crippen molar-refractivity contribution >= 4 is 22.6 Å². The van der Waals surface area contributed by atoms with E-state index in [1.54, 1.807) is 0 Å². The van der Waals surface area contributed by atoms with Crippen LogP contribution in [0.1, 0.15) is 30.9 Å². The Hall–Kier alpha value is -0.130. The van der Waals surface area contributed by atoms with E-state index in [0.717, 1.165) is 12.0 Å². The Morgan fingerprint density at radius 2 is 1.94 bits per heavy atom. The number of benzene rings is 1. The van der Waals surface area contributed by atoms with Gasteiger partial charge in [0.1, 0.15) is 0 Å². The smallest absolute Gasteiger partial charge is 0.0385 e. The Bertz CT molecular complexity index is 399. The Morgan fingerprint density at radius 1 is 1.22 bits per heavy atom. The molecule has 2 unspecified atom stereocenters. The molecular formula is C15H21IN2. The van der Waals surface area contributed by atoms with E-state index in [-0.39, 0.29) is 0 Å². The summed E-state index contributed by atoms with van der Waals surface area (Å²) in [6.45, 7) is 2.42. The third-order valence-corrected chi connectivity index (χ3v) is 4.95. The highest BCUT2D eigenvalue weighted by Crippen LogP contribution is 2.36. The van der Waals surface area contributed by atoms with E-state index in [4.69, 9.17) is 0 Å². The van der Waals surface area contributed by atoms with Crippen LogP contribution in [0.3, 0.4) is 0 Å². The lowest BCUT2D eigenvalue weighted by Gasteiger charge is -2.26. The number of likely N-dealkylation sites (tertiary alicyclic amines) is 1. The molecule has 1 aromatic carbocycles. The molecule has 2 nitrogen and oxygen atoms in total. The van der Waals surface area contributed by atoms with Gasteiger partial charge in [0.05, 0.1) is 0 Å². The number of halogens is 1. The quantitative estimate of drug-likeness (QED) is 0.835. The van der Waals surface area contributed by atoms with Crippen molar-refractivity contribution in [2.75, 3.05) is 20.1 Å². The van der Waals surface area contributed by atoms with E-state index >= 15 is 0 Å². The van der Waals surface area contributed by atoms with Crippen LogP contribution in [-0.2, 0) is 0 Å². The van der Waals surface area contributed by atoms with E-state index in [1.807, 2.05) is 0 Å². The maximum Gasteiger partial charge on any atom is 0.0385 e. The number of hydrogen-bond acceptors (Lipinski definition) is 2. The molecule has 1 aliphatic carbocycles. The summed E-state index contributed by atoms with van der Waals surface area (Å²) in [5.74, 6) is 0.774. The van der Waals surface area contributed by atoms with Crippen molar-refractivity contribution in [2.24, 2.45) is 5.92 Å². The first-order chi connectivity index (χ1) is 8.74. The zero-order chi connectivity index (χ0) is 12.5. The molecule has 0 radical (unpaired) electrons. The molecule has 3 heteroatoms. The molecule has 1 N–H and O–H groups in total. The molecule has 0 spiro atoms. The highest BCUT2D eigenvalue weighted by atomic mass is 127. The van der Waals surface area contributed by atoms with Crippen molar-refractivity contribution in [1.29, 1.82) is 0 Å². The van der Waals surface area contributed by atoms with Gasteiger partial charge in [-0.15, -0.1) is 0 Å². The second-order valence-corrected chi connectivity index (χ2v) is 6.95. The predicted molar refractivity (Wildman–Crippen MR) is 83.7 cm³/mol. The summed E-state index contributed by atoms with van der Waals surface area (Å²) in [6.07, 6.45) is 4.10. The Balaban J connectivity index is 1.71. The van der Waals surface area contributed by atoms with Gasteiger partial charge in [0, 0.05) is 22.2 Å². The van der Waals surface area contributed by atoms with E-state index in [1.165, 1.54) is 41.5 Å². The summed E-state index contributed by atoms with van der Waals surface area (Å²) < 4.78 is 1.32. The fourth-order valence-corrected chi connectivity index (χ4v) is 3.39. The second kappa shape index (κ2) is 5.47. The molecule has 1 saturated carbocycles. The zero-order valence-corrected chi connectivity index (χ0v) is 13.1. The lowest BCUT2D eigenvalue weighted by atomic mass is 9.94. The van der Waals surface area contributed by atoms with Crippen molar-refractivity contribution in [3.05, 3.63) is 33.4 Å². The maximum atomic E-state index is 3.70. The van der Waals surface area contributed by atoms with Crippen LogP contribution in [0, 0.1) is 9.49 Å². The van der Waals surface area contributed by atoms with Crippen LogP contribution in [0.4, 0.5) is 0 Å². The largest absolute Gasteiger partial charge is 0.314 e. The van der Waals surface area contributed by atoms with Crippen LogP contribution in [0.15, 0.2) is 24.3 Å². The molecule has 18 heavy (non-hydrogen) atoms. The van der Waals surface area contributed by atoms with Crippen LogP contribution in [0.25, 0.3) is 0 Å². The molecule has 2 atom stereocenters. The highest BCUT2D eigenvalue weighted by molar-refractivity contribution is 14.1. The molecule has 0 amide bonds. The molecule has 1 saturated heterocycles. The van der Waals surface area contributed by atoms with Crippen molar-refractivity contribution in [2.45, 2.75) is 31.3 Å². The van der Waals surface area contributed by atoms with Gasteiger partial charge in [0.25, 0.3) is 0 Å². The minimum absolute atomic E-state index is 0.605. The van der Waals surface area contributed by atoms with Gasteiger partial charge in [-0.3, -0.25) is 4.90 Å². The molecule has 1 aromatic rings. The summed E-state index contributed by atoms with van der Waals surface area (Å²) >= 11 is 2.38. The van der Waals surface area contributed by atoms with Gasteiger partial charge >= 0.3 is 0 Å². The van der Waals surface area contributed by atoms with Crippen LogP contribution >= 0.6 is 22.6 Å². The van der Waals surface area contributed by atoms with E-state index in [9.17, 15) is 0 Å². The zero-order valence-electron chi connectivity index (χ0n) is 10.9. The second-order valence-electron chi connectivity index (χ2n) is 5.71. The summed E-state index contributed by atoms with van der Waals surface area (Å²) in [4.78, 5) is 2.52. The summed E-state index contributed by atoms with van der Waals surface area (Å²) in [7, 11) is 2.26. The number of nitrogens with zero attached hydrogens (tertiary/aromatic N) is 1. The molecule has 3 rings (SSSR count). The van der Waals surface area contributed by atoms with Crippen LogP contribution in [0.2, 0.25) is 0 Å². The van der Waals surface area contributed by atoms with Crippen molar-refractivity contribution < 1.29 is 0 Å². The number of hydrogen-bond donors (Lipinski definition) is 1. The van der Waals surface area contributed by atoms with Gasteiger partial charge in [-0.25, -0.2) is 0 Å². The van der Waals surface area contributed by atoms with Crippen LogP contribution in [-0.4, -0.2) is 31.1 Å². The van der Waals surface area contributed by atoms with E-state index in [2.05, 4.69) is 64.1 Å². The minimum atomic E-state index is 0.605. The standard InChI is InChI=1S/C15H21IN2/c1-18-9-8-12(10-17-14-6-7-14)15(18)11-2-4-13(16)5-3-11/h2-5,12,14-15,17H,6-10H2,1H3. The topological polar surface area (TPSA) is 15.3 Å². The maximum absolute atomic E-state index is 3.70. The van der Waals surface area contributed by atoms with Gasteiger partial charge in [-0.1, -0.05) is 12.1 Å². The van der Waals surface area contributed by atoms with E-state index in [0.29, 0.717) is 6.04 Å². The highest BCUT2D eigenvalue weighted by Gasteiger charge is 2.33. The summed E-state index contributed by atoms with van der Waals surface area (Å²) in [5.41, 5.74) is 1.48. The lowest BCUT2D eigenvalue weighted by Crippen LogP contribution is -2.29. The molecule has 2 fully saturated rings. The third-order valence-electron chi connectivity index (χ3n) is 4.23. The number of rotatable bonds is 4. The first kappa shape index (κ1) is 12.9. The first-order valence-corrected chi connectivity index (χ1v) is 8.01. The van der Waals surface area contributed by atoms with Gasteiger partial charge in [-0.05, 0) is 79.1 Å². The first-order valence-electron chi connectivity index (χ1n) is 6.93. The molecule has 1 heterocycles. The molecule has 98 valence electrons. The van der Waals surface area contributed by atoms with Crippen molar-refractivity contribution in [3.63, 3.8) is 0 Å². The van der Waals surface area contributed by atoms with Gasteiger partial charge in [0.2, 0.25) is 0 Å². The Morgan fingerprint density at radius 3 is 2.61 bits per heavy atom. The summed E-state index contributed by atoms with van der Waals surface area (Å²) in [5, 5.41) is 3.70. The van der Waals surface area contributed by atoms with Gasteiger partial charge < -0.3 is 5.32 Å². The minimum Gasteiger partial charge on any atom is -0.314 e. The van der Waals surface area contributed by atoms with Crippen LogP contribution in [0.5, 0.6) is 0 Å². The molecule has 0 aromatic heterocycles. The van der Waals surface area contributed by atoms with Crippen LogP contribution < -0.4 is 5.32 Å². The molecule has 1 aliphatic heterocycles. The Labute approximate surface area is 123 Å². The van der Waals surface area contributed by atoms with Gasteiger partial charge in [0.15, 0.2) is 0 Å².